The van der Waals surface area contributed by atoms with E-state index < -0.39 is 221 Å². The second-order valence-electron chi connectivity index (χ2n) is 19.9. The molecule has 4 nitrogen and oxygen atoms in total. The van der Waals surface area contributed by atoms with Gasteiger partial charge in [-0.2, -0.15) is 176 Å². The summed E-state index contributed by atoms with van der Waals surface area (Å²) in [5.41, 5.74) is -16.8. The van der Waals surface area contributed by atoms with E-state index in [2.05, 4.69) is 9.98 Å². The highest BCUT2D eigenvalue weighted by Gasteiger charge is 2.97. The zero-order valence-electron chi connectivity index (χ0n) is 44.3. The van der Waals surface area contributed by atoms with Crippen LogP contribution in [0.3, 0.4) is 0 Å². The summed E-state index contributed by atoms with van der Waals surface area (Å²) in [5.74, 6) is -124. The lowest BCUT2D eigenvalue weighted by atomic mass is 9.85. The molecule has 96 heavy (non-hydrogen) atoms. The number of alkyl halides is 40. The minimum absolute atomic E-state index is 0.0306. The van der Waals surface area contributed by atoms with Crippen molar-refractivity contribution in [1.82, 2.24) is 0 Å². The van der Waals surface area contributed by atoms with Gasteiger partial charge in [0.2, 0.25) is 0 Å². The highest BCUT2D eigenvalue weighted by molar-refractivity contribution is 6.14. The van der Waals surface area contributed by atoms with E-state index in [-0.39, 0.29) is 85.2 Å². The highest BCUT2D eigenvalue weighted by Crippen LogP contribution is 2.68. The van der Waals surface area contributed by atoms with E-state index in [0.717, 1.165) is 0 Å². The van der Waals surface area contributed by atoms with E-state index in [1.807, 2.05) is 0 Å². The molecule has 6 aromatic carbocycles. The third-order valence-corrected chi connectivity index (χ3v) is 13.8. The van der Waals surface area contributed by atoms with Gasteiger partial charge < -0.3 is 10.2 Å². The van der Waals surface area contributed by atoms with Crippen molar-refractivity contribution in [2.24, 2.45) is 9.98 Å². The summed E-state index contributed by atoms with van der Waals surface area (Å²) in [4.78, 5) is 7.36. The molecule has 0 aliphatic rings. The largest absolute Gasteiger partial charge is 0.507 e. The van der Waals surface area contributed by atoms with Crippen molar-refractivity contribution in [1.29, 1.82) is 0 Å². The van der Waals surface area contributed by atoms with E-state index in [1.165, 1.54) is 0 Å². The van der Waals surface area contributed by atoms with E-state index >= 15 is 52.7 Å². The highest BCUT2D eigenvalue weighted by atomic mass is 19.5. The second kappa shape index (κ2) is 22.8. The zero-order chi connectivity index (χ0) is 74.4. The van der Waals surface area contributed by atoms with Crippen LogP contribution in [0.5, 0.6) is 11.5 Å². The van der Waals surface area contributed by atoms with Crippen LogP contribution < -0.4 is 0 Å². The number of hydrogen-bond acceptors (Lipinski definition) is 4. The number of phenolic OH excluding ortho intramolecular Hbond substituents is 2. The Morgan fingerprint density at radius 1 is 0.250 bits per heavy atom. The van der Waals surface area contributed by atoms with Crippen LogP contribution in [-0.2, 0) is 24.2 Å². The second-order valence-corrected chi connectivity index (χ2v) is 19.9. The quantitative estimate of drug-likeness (QED) is 0.0627. The summed E-state index contributed by atoms with van der Waals surface area (Å²) in [6, 6.07) is -1.86. The first-order valence-corrected chi connectivity index (χ1v) is 24.1. The van der Waals surface area contributed by atoms with E-state index in [4.69, 9.17) is 0 Å². The molecule has 0 saturated heterocycles. The average molecular weight is 1460 g/mol. The number of benzene rings is 6. The van der Waals surface area contributed by atoms with Gasteiger partial charge in [0.15, 0.2) is 0 Å². The lowest BCUT2D eigenvalue weighted by Crippen LogP contribution is -2.74. The van der Waals surface area contributed by atoms with Gasteiger partial charge in [-0.05, 0) is 82.2 Å². The molecular weight excluding hydrogens is 1440 g/mol. The number of phenols is 2. The average Bonchev–Trinajstić information content (AvgIpc) is 0.699. The number of hydrogen-bond donors (Lipinski definition) is 2. The van der Waals surface area contributed by atoms with Gasteiger partial charge in [0.05, 0.1) is 22.5 Å². The predicted molar refractivity (Wildman–Crippen MR) is 247 cm³/mol. The Balaban J connectivity index is 1.72. The van der Waals surface area contributed by atoms with Crippen LogP contribution in [0.25, 0.3) is 32.7 Å². The molecule has 0 aromatic heterocycles. The molecule has 6 rings (SSSR count). The summed E-state index contributed by atoms with van der Waals surface area (Å²) < 4.78 is 570. The molecular formula is C52H20F40N2O2. The van der Waals surface area contributed by atoms with Crippen LogP contribution in [0.4, 0.5) is 187 Å². The molecule has 0 atom stereocenters. The monoisotopic (exact) mass is 1460 g/mol. The van der Waals surface area contributed by atoms with Gasteiger partial charge in [0.25, 0.3) is 0 Å². The summed E-state index contributed by atoms with van der Waals surface area (Å²) in [6.07, 6.45) is -26.8. The van der Waals surface area contributed by atoms with E-state index in [9.17, 15) is 133 Å². The maximum absolute atomic E-state index is 15.9. The van der Waals surface area contributed by atoms with Crippen molar-refractivity contribution in [2.45, 2.75) is 108 Å². The molecule has 44 heteroatoms. The standard InChI is InChI=1S/C52H20F40N2O2/c53-35(54,39(63,64)41(67,68)43(71,72)45(75,76)47(79,80)49(83,84)51(87,88)89)23-3-7-27-19(13-23)1-9-29(93-17-21-15-25(37(57,58)59)5-11-31(21)95)33(27)34-28-8-4-24(14-20(28)2-10-30(34)94-18-22-16-26(38(60,61)62)6-12-32(22)96)36(55,56)40(65,66)42(69,70)44(73,74)46(77,78)48(81,82)50(85,86)52(90,91)92/h1-18,95-96H. The van der Waals surface area contributed by atoms with Crippen LogP contribution in [0, 0.1) is 0 Å². The summed E-state index contributed by atoms with van der Waals surface area (Å²) in [7, 11) is 0. The van der Waals surface area contributed by atoms with Gasteiger partial charge >= 0.3 is 108 Å². The van der Waals surface area contributed by atoms with Crippen molar-refractivity contribution < 1.29 is 186 Å². The van der Waals surface area contributed by atoms with Gasteiger partial charge in [-0.3, -0.25) is 9.98 Å². The van der Waals surface area contributed by atoms with Crippen LogP contribution in [0.15, 0.2) is 107 Å². The smallest absolute Gasteiger partial charge is 0.460 e. The molecule has 0 heterocycles. The molecule has 0 aliphatic heterocycles. The van der Waals surface area contributed by atoms with Crippen molar-refractivity contribution in [3.63, 3.8) is 0 Å². The Labute approximate surface area is 501 Å². The Morgan fingerprint density at radius 2 is 0.490 bits per heavy atom. The zero-order valence-corrected chi connectivity index (χ0v) is 44.3. The summed E-state index contributed by atoms with van der Waals surface area (Å²) in [5, 5.41) is 15.2. The van der Waals surface area contributed by atoms with Crippen molar-refractivity contribution in [2.75, 3.05) is 0 Å². The van der Waals surface area contributed by atoms with Crippen molar-refractivity contribution in [3.05, 3.63) is 130 Å². The van der Waals surface area contributed by atoms with Crippen LogP contribution in [-0.4, -0.2) is 106 Å². The predicted octanol–water partition coefficient (Wildman–Crippen LogP) is 21.5. The lowest BCUT2D eigenvalue weighted by Gasteiger charge is -2.42. The van der Waals surface area contributed by atoms with E-state index in [1.54, 1.807) is 0 Å². The van der Waals surface area contributed by atoms with Gasteiger partial charge in [0.1, 0.15) is 11.5 Å². The Morgan fingerprint density at radius 3 is 0.740 bits per heavy atom. The molecule has 0 aliphatic carbocycles. The molecule has 0 unspecified atom stereocenters. The Bertz CT molecular complexity index is 3760. The first kappa shape index (κ1) is 77.0. The van der Waals surface area contributed by atoms with Crippen molar-refractivity contribution in [3.8, 4) is 22.6 Å². The van der Waals surface area contributed by atoms with E-state index in [0.29, 0.717) is 0 Å². The molecule has 0 saturated carbocycles. The number of nitrogens with zero attached hydrogens (tertiary/aromatic N) is 2. The fourth-order valence-electron chi connectivity index (χ4n) is 8.40. The normalized spacial score (nSPS) is 15.3. The SMILES string of the molecule is Oc1ccc(C(F)(F)F)cc1C=Nc1ccc2cc(C(F)(F)C(F)(F)C(F)(F)C(F)(F)C(F)(F)C(F)(F)C(F)(F)C(F)(F)F)ccc2c1-c1c(N=Cc2cc(C(F)(F)F)ccc2O)ccc2cc(C(F)(F)C(F)(F)C(F)(F)C(F)(F)C(F)(F)C(F)(F)C(F)(F)C(F)(F)F)ccc12. The fraction of sp³-hybridized carbons (Fsp3) is 0.346. The minimum atomic E-state index is -9.16. The van der Waals surface area contributed by atoms with Gasteiger partial charge in [-0.25, -0.2) is 0 Å². The molecule has 0 fully saturated rings. The molecule has 6 aromatic rings. The summed E-state index contributed by atoms with van der Waals surface area (Å²) in [6.45, 7) is 0. The van der Waals surface area contributed by atoms with Crippen molar-refractivity contribution >= 4 is 45.3 Å². The Hall–Kier alpha value is -8.02. The van der Waals surface area contributed by atoms with Crippen LogP contribution in [0.2, 0.25) is 0 Å². The van der Waals surface area contributed by atoms with Crippen LogP contribution >= 0.6 is 0 Å². The van der Waals surface area contributed by atoms with Crippen LogP contribution in [0.1, 0.15) is 33.4 Å². The third-order valence-electron chi connectivity index (χ3n) is 13.8. The number of aromatic hydroxyl groups is 2. The molecule has 0 amide bonds. The number of aliphatic imine (C=N–C) groups is 2. The fourth-order valence-corrected chi connectivity index (χ4v) is 8.40. The topological polar surface area (TPSA) is 65.2 Å². The Kier molecular flexibility index (Phi) is 18.3. The minimum Gasteiger partial charge on any atom is -0.507 e. The number of halogens is 40. The summed E-state index contributed by atoms with van der Waals surface area (Å²) >= 11 is 0. The molecule has 530 valence electrons. The first-order chi connectivity index (χ1) is 42.6. The maximum atomic E-state index is 15.9. The van der Waals surface area contributed by atoms with Gasteiger partial charge in [-0.1, -0.05) is 36.4 Å². The molecule has 0 bridgehead atoms. The molecule has 0 spiro atoms. The lowest BCUT2D eigenvalue weighted by molar-refractivity contribution is -0.462. The molecule has 2 N–H and O–H groups in total. The third kappa shape index (κ3) is 11.3. The van der Waals surface area contributed by atoms with Gasteiger partial charge in [0, 0.05) is 45.8 Å². The van der Waals surface area contributed by atoms with Gasteiger partial charge in [-0.15, -0.1) is 0 Å². The maximum Gasteiger partial charge on any atom is 0.460 e. The molecule has 0 radical (unpaired) electrons. The number of rotatable bonds is 19. The first-order valence-electron chi connectivity index (χ1n) is 24.1. The number of fused-ring (bicyclic) bond motifs is 2.